The van der Waals surface area contributed by atoms with Crippen molar-refractivity contribution in [3.05, 3.63) is 24.3 Å². The minimum absolute atomic E-state index is 0.0475. The molecule has 1 amide bonds. The number of hydrogen-bond acceptors (Lipinski definition) is 4. The van der Waals surface area contributed by atoms with E-state index in [1.165, 1.54) is 25.3 Å². The van der Waals surface area contributed by atoms with E-state index < -0.39 is 24.1 Å². The first-order valence-electron chi connectivity index (χ1n) is 5.23. The van der Waals surface area contributed by atoms with Gasteiger partial charge in [0.05, 0.1) is 12.3 Å². The van der Waals surface area contributed by atoms with E-state index in [2.05, 4.69) is 14.8 Å². The van der Waals surface area contributed by atoms with Crippen molar-refractivity contribution in [2.45, 2.75) is 12.4 Å². The van der Waals surface area contributed by atoms with Gasteiger partial charge in [-0.3, -0.25) is 4.79 Å². The molecule has 0 bridgehead atoms. The van der Waals surface area contributed by atoms with Crippen molar-refractivity contribution in [2.75, 3.05) is 19.0 Å². The number of hydrogen-bond donors (Lipinski definition) is 2. The summed E-state index contributed by atoms with van der Waals surface area (Å²) in [6.45, 7) is -0.0475. The van der Waals surface area contributed by atoms with Crippen molar-refractivity contribution in [3.8, 4) is 5.75 Å². The fourth-order valence-electron chi connectivity index (χ4n) is 1.26. The normalized spacial score (nSPS) is 12.9. The third-order valence-corrected chi connectivity index (χ3v) is 2.05. The molecule has 0 aliphatic rings. The van der Waals surface area contributed by atoms with Gasteiger partial charge in [0.25, 0.3) is 0 Å². The van der Waals surface area contributed by atoms with Gasteiger partial charge in [-0.2, -0.15) is 0 Å². The lowest BCUT2D eigenvalue weighted by Gasteiger charge is -2.15. The molecule has 1 aromatic rings. The minimum atomic E-state index is -4.84. The molecule has 1 aromatic carbocycles. The van der Waals surface area contributed by atoms with Crippen molar-refractivity contribution in [2.24, 2.45) is 5.73 Å². The highest BCUT2D eigenvalue weighted by Gasteiger charge is 2.32. The van der Waals surface area contributed by atoms with Crippen LogP contribution in [0.3, 0.4) is 0 Å². The molecule has 0 aliphatic heterocycles. The van der Waals surface area contributed by atoms with Crippen LogP contribution in [-0.4, -0.2) is 32.0 Å². The lowest BCUT2D eigenvalue weighted by molar-refractivity contribution is -0.274. The highest BCUT2D eigenvalue weighted by Crippen LogP contribution is 2.29. The molecule has 3 N–H and O–H groups in total. The number of methoxy groups -OCH3 is 1. The average Bonchev–Trinajstić information content (AvgIpc) is 2.30. The van der Waals surface area contributed by atoms with E-state index in [4.69, 9.17) is 5.73 Å². The Morgan fingerprint density at radius 2 is 2.05 bits per heavy atom. The zero-order valence-corrected chi connectivity index (χ0v) is 10.0. The summed E-state index contributed by atoms with van der Waals surface area (Å²) in [5, 5.41) is 2.25. The topological polar surface area (TPSA) is 73.6 Å². The number of alkyl halides is 3. The smallest absolute Gasteiger partial charge is 0.404 e. The number of amides is 1. The van der Waals surface area contributed by atoms with Crippen LogP contribution in [0.2, 0.25) is 0 Å². The van der Waals surface area contributed by atoms with E-state index in [0.29, 0.717) is 0 Å². The van der Waals surface area contributed by atoms with Gasteiger partial charge in [0.2, 0.25) is 5.91 Å². The largest absolute Gasteiger partial charge is 0.573 e. The van der Waals surface area contributed by atoms with E-state index in [0.717, 1.165) is 6.07 Å². The van der Waals surface area contributed by atoms with Gasteiger partial charge in [-0.15, -0.1) is 13.2 Å². The quantitative estimate of drug-likeness (QED) is 0.856. The molecule has 0 aromatic heterocycles. The summed E-state index contributed by atoms with van der Waals surface area (Å²) in [4.78, 5) is 11.6. The van der Waals surface area contributed by atoms with E-state index >= 15 is 0 Å². The third kappa shape index (κ3) is 5.14. The van der Waals surface area contributed by atoms with Crippen LogP contribution in [0.15, 0.2) is 24.3 Å². The number of carbonyl (C=O) groups is 1. The predicted octanol–water partition coefficient (Wildman–Crippen LogP) is 1.50. The van der Waals surface area contributed by atoms with Crippen molar-refractivity contribution in [1.29, 1.82) is 0 Å². The highest BCUT2D eigenvalue weighted by atomic mass is 19.4. The maximum Gasteiger partial charge on any atom is 0.573 e. The first kappa shape index (κ1) is 15.3. The van der Waals surface area contributed by atoms with Gasteiger partial charge in [0.15, 0.2) is 5.75 Å². The van der Waals surface area contributed by atoms with Gasteiger partial charge in [0, 0.05) is 7.11 Å². The Morgan fingerprint density at radius 1 is 1.42 bits per heavy atom. The summed E-state index contributed by atoms with van der Waals surface area (Å²) >= 11 is 0. The summed E-state index contributed by atoms with van der Waals surface area (Å²) < 4.78 is 44.9. The molecule has 1 rings (SSSR count). The molecule has 0 heterocycles. The van der Waals surface area contributed by atoms with E-state index in [1.807, 2.05) is 0 Å². The molecule has 1 unspecified atom stereocenters. The van der Waals surface area contributed by atoms with Gasteiger partial charge < -0.3 is 20.5 Å². The Balaban J connectivity index is 2.81. The Hall–Kier alpha value is -1.80. The second-order valence-electron chi connectivity index (χ2n) is 3.60. The molecule has 0 aliphatic carbocycles. The number of benzene rings is 1. The number of ether oxygens (including phenoxy) is 2. The molecule has 5 nitrogen and oxygen atoms in total. The molecule has 0 radical (unpaired) electrons. The molecule has 19 heavy (non-hydrogen) atoms. The lowest BCUT2D eigenvalue weighted by Crippen LogP contribution is -2.39. The van der Waals surface area contributed by atoms with Gasteiger partial charge in [0.1, 0.15) is 6.04 Å². The summed E-state index contributed by atoms with van der Waals surface area (Å²) in [5.74, 6) is -1.17. The number of rotatable bonds is 5. The molecule has 0 spiro atoms. The van der Waals surface area contributed by atoms with Crippen LogP contribution in [0.25, 0.3) is 0 Å². The number of halogens is 3. The number of anilines is 1. The molecule has 0 saturated heterocycles. The van der Waals surface area contributed by atoms with Gasteiger partial charge in [-0.25, -0.2) is 0 Å². The summed E-state index contributed by atoms with van der Waals surface area (Å²) in [7, 11) is 1.36. The lowest BCUT2D eigenvalue weighted by atomic mass is 10.2. The molecule has 0 saturated carbocycles. The second-order valence-corrected chi connectivity index (χ2v) is 3.60. The van der Waals surface area contributed by atoms with E-state index in [-0.39, 0.29) is 12.3 Å². The van der Waals surface area contributed by atoms with Crippen molar-refractivity contribution in [1.82, 2.24) is 0 Å². The van der Waals surface area contributed by atoms with Gasteiger partial charge in [-0.05, 0) is 12.1 Å². The van der Waals surface area contributed by atoms with Crippen molar-refractivity contribution < 1.29 is 27.4 Å². The summed E-state index contributed by atoms with van der Waals surface area (Å²) in [6.07, 6.45) is -4.84. The monoisotopic (exact) mass is 278 g/mol. The Labute approximate surface area is 107 Å². The average molecular weight is 278 g/mol. The maximum atomic E-state index is 12.2. The van der Waals surface area contributed by atoms with Crippen molar-refractivity contribution >= 4 is 11.6 Å². The Morgan fingerprint density at radius 3 is 2.63 bits per heavy atom. The standard InChI is InChI=1S/C11H13F3N2O3/c1-18-6-7(15)10(17)16-8-4-2-3-5-9(8)19-11(12,13)14/h2-5,7H,6,15H2,1H3,(H,16,17). The number of nitrogens with one attached hydrogen (secondary N) is 1. The van der Waals surface area contributed by atoms with Crippen LogP contribution < -0.4 is 15.8 Å². The molecular weight excluding hydrogens is 265 g/mol. The first-order valence-corrected chi connectivity index (χ1v) is 5.23. The number of para-hydroxylation sites is 2. The first-order chi connectivity index (χ1) is 8.83. The molecule has 1 atom stereocenters. The van der Waals surface area contributed by atoms with E-state index in [1.54, 1.807) is 0 Å². The van der Waals surface area contributed by atoms with Gasteiger partial charge >= 0.3 is 6.36 Å². The van der Waals surface area contributed by atoms with Crippen LogP contribution >= 0.6 is 0 Å². The number of carbonyl (C=O) groups excluding carboxylic acids is 1. The van der Waals surface area contributed by atoms with Crippen LogP contribution in [0.5, 0.6) is 5.75 Å². The summed E-state index contributed by atoms with van der Waals surface area (Å²) in [6, 6.07) is 4.19. The Bertz CT molecular complexity index is 437. The number of nitrogens with two attached hydrogens (primary N) is 1. The zero-order valence-electron chi connectivity index (χ0n) is 10.0. The van der Waals surface area contributed by atoms with E-state index in [9.17, 15) is 18.0 Å². The highest BCUT2D eigenvalue weighted by molar-refractivity contribution is 5.96. The fourth-order valence-corrected chi connectivity index (χ4v) is 1.26. The van der Waals surface area contributed by atoms with Crippen LogP contribution in [0, 0.1) is 0 Å². The van der Waals surface area contributed by atoms with Crippen LogP contribution in [-0.2, 0) is 9.53 Å². The van der Waals surface area contributed by atoms with Crippen LogP contribution in [0.1, 0.15) is 0 Å². The van der Waals surface area contributed by atoms with Crippen LogP contribution in [0.4, 0.5) is 18.9 Å². The van der Waals surface area contributed by atoms with Gasteiger partial charge in [-0.1, -0.05) is 12.1 Å². The maximum absolute atomic E-state index is 12.2. The molecular formula is C11H13F3N2O3. The SMILES string of the molecule is COCC(N)C(=O)Nc1ccccc1OC(F)(F)F. The molecule has 106 valence electrons. The second kappa shape index (κ2) is 6.39. The molecule has 8 heteroatoms. The fraction of sp³-hybridized carbons (Fsp3) is 0.364. The van der Waals surface area contributed by atoms with Crippen molar-refractivity contribution in [3.63, 3.8) is 0 Å². The summed E-state index contributed by atoms with van der Waals surface area (Å²) in [5.41, 5.74) is 5.34. The minimum Gasteiger partial charge on any atom is -0.404 e. The zero-order chi connectivity index (χ0) is 14.5. The Kier molecular flexibility index (Phi) is 5.13. The third-order valence-electron chi connectivity index (χ3n) is 2.05. The molecule has 0 fully saturated rings. The predicted molar refractivity (Wildman–Crippen MR) is 61.6 cm³/mol.